The van der Waals surface area contributed by atoms with E-state index >= 15 is 0 Å². The summed E-state index contributed by atoms with van der Waals surface area (Å²) in [7, 11) is 4.04. The van der Waals surface area contributed by atoms with Crippen LogP contribution in [0, 0.1) is 0 Å². The first-order valence-electron chi connectivity index (χ1n) is 14.6. The van der Waals surface area contributed by atoms with Gasteiger partial charge in [-0.2, -0.15) is 0 Å². The molecule has 42 heavy (non-hydrogen) atoms. The summed E-state index contributed by atoms with van der Waals surface area (Å²) in [6, 6.07) is 7.61. The van der Waals surface area contributed by atoms with Crippen molar-refractivity contribution in [3.63, 3.8) is 0 Å². The van der Waals surface area contributed by atoms with Crippen LogP contribution in [0.2, 0.25) is 0 Å². The molecule has 1 aliphatic heterocycles. The Morgan fingerprint density at radius 1 is 1.17 bits per heavy atom. The number of Topliss-reactive ketones (excluding diaryl/α,β-unsaturated/α-hetero) is 2. The van der Waals surface area contributed by atoms with Gasteiger partial charge in [-0.05, 0) is 57.1 Å². The van der Waals surface area contributed by atoms with Crippen LogP contribution in [-0.4, -0.2) is 90.8 Å². The van der Waals surface area contributed by atoms with Crippen molar-refractivity contribution in [2.75, 3.05) is 63.6 Å². The second-order valence-corrected chi connectivity index (χ2v) is 11.5. The standard InChI is InChI=1S/C31H43N7O3S/c1-6-22-19-33-29(18-26(22)37(5)31-30(21(3)39)42-20-34-31)35-25-9-8-23(16-28(25)41-7-2)27(40)17-24(10-11-32)38-14-12-36(4)13-15-38/h8-9,16,18-20,24H,6-7,10-15,17,32H2,1-5H3,(H,33,35). The molecule has 10 nitrogen and oxygen atoms in total. The molecule has 1 unspecified atom stereocenters. The topological polar surface area (TPSA) is 117 Å². The van der Waals surface area contributed by atoms with Crippen LogP contribution in [0.5, 0.6) is 5.75 Å². The zero-order chi connectivity index (χ0) is 30.2. The van der Waals surface area contributed by atoms with Crippen LogP contribution < -0.4 is 20.7 Å². The van der Waals surface area contributed by atoms with Crippen LogP contribution in [0.15, 0.2) is 36.0 Å². The normalized spacial score (nSPS) is 14.9. The molecule has 0 aliphatic carbocycles. The highest BCUT2D eigenvalue weighted by atomic mass is 32.1. The highest BCUT2D eigenvalue weighted by Crippen LogP contribution is 2.35. The Morgan fingerprint density at radius 2 is 1.93 bits per heavy atom. The van der Waals surface area contributed by atoms with Gasteiger partial charge in [-0.1, -0.05) is 6.92 Å². The predicted octanol–water partition coefficient (Wildman–Crippen LogP) is 4.75. The van der Waals surface area contributed by atoms with Crippen molar-refractivity contribution in [1.29, 1.82) is 0 Å². The second kappa shape index (κ2) is 14.7. The first kappa shape index (κ1) is 31.6. The molecule has 0 amide bonds. The summed E-state index contributed by atoms with van der Waals surface area (Å²) in [4.78, 5) is 41.9. The van der Waals surface area contributed by atoms with E-state index in [1.165, 1.54) is 11.3 Å². The highest BCUT2D eigenvalue weighted by molar-refractivity contribution is 7.12. The summed E-state index contributed by atoms with van der Waals surface area (Å²) in [6.07, 6.45) is 3.82. The molecule has 4 rings (SSSR count). The molecule has 1 saturated heterocycles. The lowest BCUT2D eigenvalue weighted by atomic mass is 9.99. The fourth-order valence-corrected chi connectivity index (χ4v) is 6.02. The second-order valence-electron chi connectivity index (χ2n) is 10.6. The Morgan fingerprint density at radius 3 is 2.60 bits per heavy atom. The summed E-state index contributed by atoms with van der Waals surface area (Å²) in [5, 5.41) is 3.38. The first-order chi connectivity index (χ1) is 20.2. The molecule has 0 radical (unpaired) electrons. The maximum Gasteiger partial charge on any atom is 0.173 e. The average Bonchev–Trinajstić information content (AvgIpc) is 3.48. The average molecular weight is 594 g/mol. The maximum absolute atomic E-state index is 13.4. The van der Waals surface area contributed by atoms with E-state index < -0.39 is 0 Å². The number of nitrogens with two attached hydrogens (primary N) is 1. The zero-order valence-electron chi connectivity index (χ0n) is 25.4. The molecule has 0 saturated carbocycles. The Balaban J connectivity index is 1.56. The van der Waals surface area contributed by atoms with E-state index in [9.17, 15) is 9.59 Å². The lowest BCUT2D eigenvalue weighted by Crippen LogP contribution is -2.50. The first-order valence-corrected chi connectivity index (χ1v) is 15.5. The number of aromatic nitrogens is 2. The Hall–Kier alpha value is -3.38. The summed E-state index contributed by atoms with van der Waals surface area (Å²) in [5.74, 6) is 1.90. The Kier molecular flexibility index (Phi) is 11.0. The molecule has 1 fully saturated rings. The monoisotopic (exact) mass is 593 g/mol. The maximum atomic E-state index is 13.4. The lowest BCUT2D eigenvalue weighted by Gasteiger charge is -2.37. The fraction of sp³-hybridized carbons (Fsp3) is 0.484. The number of nitrogens with one attached hydrogen (secondary N) is 1. The number of anilines is 4. The minimum Gasteiger partial charge on any atom is -0.492 e. The summed E-state index contributed by atoms with van der Waals surface area (Å²) in [5.41, 5.74) is 10.9. The van der Waals surface area contributed by atoms with Crippen molar-refractivity contribution in [1.82, 2.24) is 19.8 Å². The molecule has 2 aromatic heterocycles. The number of carbonyl (C=O) groups excluding carboxylic acids is 2. The van der Waals surface area contributed by atoms with Gasteiger partial charge in [-0.15, -0.1) is 11.3 Å². The molecule has 1 aromatic carbocycles. The van der Waals surface area contributed by atoms with E-state index in [1.807, 2.05) is 49.3 Å². The molecule has 3 N–H and O–H groups in total. The van der Waals surface area contributed by atoms with E-state index in [0.29, 0.717) is 47.4 Å². The van der Waals surface area contributed by atoms with Gasteiger partial charge in [-0.3, -0.25) is 14.5 Å². The number of hydrogen-bond acceptors (Lipinski definition) is 11. The summed E-state index contributed by atoms with van der Waals surface area (Å²) < 4.78 is 5.97. The van der Waals surface area contributed by atoms with Gasteiger partial charge in [-0.25, -0.2) is 9.97 Å². The third kappa shape index (κ3) is 7.52. The molecule has 1 aliphatic rings. The number of aryl methyl sites for hydroxylation is 1. The molecule has 0 bridgehead atoms. The van der Waals surface area contributed by atoms with E-state index in [2.05, 4.69) is 39.1 Å². The van der Waals surface area contributed by atoms with Crippen molar-refractivity contribution in [2.24, 2.45) is 5.73 Å². The Labute approximate surface area is 252 Å². The van der Waals surface area contributed by atoms with Gasteiger partial charge < -0.3 is 25.6 Å². The van der Waals surface area contributed by atoms with Crippen LogP contribution in [-0.2, 0) is 6.42 Å². The van der Waals surface area contributed by atoms with Crippen LogP contribution in [0.4, 0.5) is 23.0 Å². The van der Waals surface area contributed by atoms with Gasteiger partial charge in [0.15, 0.2) is 17.4 Å². The Bertz CT molecular complexity index is 1370. The fourth-order valence-electron chi connectivity index (χ4n) is 5.30. The number of nitrogens with zero attached hydrogens (tertiary/aromatic N) is 5. The number of likely N-dealkylation sites (N-methyl/N-ethyl adjacent to an activating group) is 1. The SMILES string of the molecule is CCOc1cc(C(=O)CC(CCN)N2CCN(C)CC2)ccc1Nc1cc(N(C)c2ncsc2C(C)=O)c(CC)cn1. The van der Waals surface area contributed by atoms with Crippen molar-refractivity contribution in [3.8, 4) is 5.75 Å². The lowest BCUT2D eigenvalue weighted by molar-refractivity contribution is 0.0809. The third-order valence-corrected chi connectivity index (χ3v) is 8.65. The van der Waals surface area contributed by atoms with E-state index in [4.69, 9.17) is 10.5 Å². The van der Waals surface area contributed by atoms with Gasteiger partial charge in [0, 0.05) is 70.4 Å². The third-order valence-electron chi connectivity index (χ3n) is 7.73. The number of thiazole rings is 1. The number of ether oxygens (including phenoxy) is 1. The molecular formula is C31H43N7O3S. The molecular weight excluding hydrogens is 550 g/mol. The van der Waals surface area contributed by atoms with Crippen LogP contribution in [0.25, 0.3) is 0 Å². The largest absolute Gasteiger partial charge is 0.492 e. The van der Waals surface area contributed by atoms with Gasteiger partial charge in [0.2, 0.25) is 0 Å². The minimum absolute atomic E-state index is 0.0151. The minimum atomic E-state index is -0.0151. The van der Waals surface area contributed by atoms with Crippen molar-refractivity contribution in [2.45, 2.75) is 46.1 Å². The van der Waals surface area contributed by atoms with Crippen molar-refractivity contribution >= 4 is 45.9 Å². The number of rotatable bonds is 14. The molecule has 0 spiro atoms. The van der Waals surface area contributed by atoms with Crippen LogP contribution >= 0.6 is 11.3 Å². The highest BCUT2D eigenvalue weighted by Gasteiger charge is 2.25. The quantitative estimate of drug-likeness (QED) is 0.254. The number of hydrogen-bond donors (Lipinski definition) is 2. The number of piperazine rings is 1. The zero-order valence-corrected chi connectivity index (χ0v) is 26.2. The van der Waals surface area contributed by atoms with Crippen molar-refractivity contribution < 1.29 is 14.3 Å². The molecule has 11 heteroatoms. The van der Waals surface area contributed by atoms with Crippen molar-refractivity contribution in [3.05, 3.63) is 52.0 Å². The molecule has 1 atom stereocenters. The van der Waals surface area contributed by atoms with E-state index in [0.717, 1.165) is 56.0 Å². The molecule has 226 valence electrons. The number of benzene rings is 1. The van der Waals surface area contributed by atoms with Gasteiger partial charge >= 0.3 is 0 Å². The van der Waals surface area contributed by atoms with Gasteiger partial charge in [0.05, 0.1) is 23.5 Å². The van der Waals surface area contributed by atoms with Crippen LogP contribution in [0.3, 0.4) is 0 Å². The molecule has 3 aromatic rings. The number of ketones is 2. The van der Waals surface area contributed by atoms with Crippen LogP contribution in [0.1, 0.15) is 59.2 Å². The number of pyridine rings is 1. The van der Waals surface area contributed by atoms with E-state index in [-0.39, 0.29) is 17.6 Å². The molecule has 3 heterocycles. The van der Waals surface area contributed by atoms with Gasteiger partial charge in [0.25, 0.3) is 0 Å². The smallest absolute Gasteiger partial charge is 0.173 e. The predicted molar refractivity (Wildman–Crippen MR) is 170 cm³/mol. The summed E-state index contributed by atoms with van der Waals surface area (Å²) in [6.45, 7) is 10.4. The number of carbonyl (C=O) groups is 2. The van der Waals surface area contributed by atoms with E-state index in [1.54, 1.807) is 12.4 Å². The van der Waals surface area contributed by atoms with Gasteiger partial charge in [0.1, 0.15) is 16.4 Å². The summed E-state index contributed by atoms with van der Waals surface area (Å²) >= 11 is 1.34.